The lowest BCUT2D eigenvalue weighted by Crippen LogP contribution is -2.04. The molecule has 0 saturated heterocycles. The van der Waals surface area contributed by atoms with Crippen molar-refractivity contribution in [1.82, 2.24) is 9.78 Å². The second-order valence-corrected chi connectivity index (χ2v) is 4.43. The van der Waals surface area contributed by atoms with E-state index in [2.05, 4.69) is 9.84 Å². The summed E-state index contributed by atoms with van der Waals surface area (Å²) < 4.78 is 32.0. The number of carbonyl (C=O) groups is 1. The Bertz CT molecular complexity index is 651. The van der Waals surface area contributed by atoms with Crippen LogP contribution in [0.1, 0.15) is 27.9 Å². The van der Waals surface area contributed by atoms with E-state index in [4.69, 9.17) is 0 Å². The summed E-state index contributed by atoms with van der Waals surface area (Å²) in [6.07, 6.45) is -1.35. The number of rotatable bonds is 3. The van der Waals surface area contributed by atoms with Crippen molar-refractivity contribution < 1.29 is 18.3 Å². The molecule has 0 spiro atoms. The largest absolute Gasteiger partial charge is 0.465 e. The van der Waals surface area contributed by atoms with E-state index in [0.29, 0.717) is 11.1 Å². The summed E-state index contributed by atoms with van der Waals surface area (Å²) in [5.41, 5.74) is 1.54. The molecule has 0 N–H and O–H groups in total. The molecule has 0 aliphatic rings. The van der Waals surface area contributed by atoms with Crippen LogP contribution in [0.5, 0.6) is 0 Å². The Hall–Kier alpha value is -2.24. The molecule has 0 aliphatic heterocycles. The highest BCUT2D eigenvalue weighted by atomic mass is 19.3. The molecule has 0 fully saturated rings. The number of nitrogens with zero attached hydrogens (tertiary/aromatic N) is 2. The van der Waals surface area contributed by atoms with Crippen LogP contribution in [0.2, 0.25) is 0 Å². The van der Waals surface area contributed by atoms with Gasteiger partial charge in [-0.2, -0.15) is 5.10 Å². The van der Waals surface area contributed by atoms with Crippen LogP contribution in [-0.2, 0) is 11.8 Å². The Labute approximate surface area is 115 Å². The van der Waals surface area contributed by atoms with Crippen LogP contribution >= 0.6 is 0 Å². The first-order chi connectivity index (χ1) is 9.43. The van der Waals surface area contributed by atoms with Gasteiger partial charge in [0.15, 0.2) is 0 Å². The molecule has 0 amide bonds. The van der Waals surface area contributed by atoms with Crippen molar-refractivity contribution in [3.05, 3.63) is 41.1 Å². The van der Waals surface area contributed by atoms with E-state index in [1.165, 1.54) is 24.1 Å². The molecule has 0 radical (unpaired) electrons. The highest BCUT2D eigenvalue weighted by Gasteiger charge is 2.20. The summed E-state index contributed by atoms with van der Waals surface area (Å²) >= 11 is 0. The topological polar surface area (TPSA) is 44.1 Å². The average molecular weight is 280 g/mol. The second kappa shape index (κ2) is 5.40. The number of carbonyl (C=O) groups excluding carboxylic acids is 1. The van der Waals surface area contributed by atoms with E-state index >= 15 is 0 Å². The van der Waals surface area contributed by atoms with E-state index in [1.807, 2.05) is 0 Å². The molecule has 4 nitrogen and oxygen atoms in total. The third-order valence-corrected chi connectivity index (χ3v) is 3.01. The van der Waals surface area contributed by atoms with Crippen molar-refractivity contribution >= 4 is 5.97 Å². The normalized spacial score (nSPS) is 10.9. The molecule has 20 heavy (non-hydrogen) atoms. The van der Waals surface area contributed by atoms with Crippen LogP contribution in [0.15, 0.2) is 24.4 Å². The number of aromatic nitrogens is 2. The Morgan fingerprint density at radius 2 is 2.10 bits per heavy atom. The Kier molecular flexibility index (Phi) is 3.83. The van der Waals surface area contributed by atoms with Crippen LogP contribution in [0, 0.1) is 6.92 Å². The van der Waals surface area contributed by atoms with Crippen LogP contribution in [-0.4, -0.2) is 22.9 Å². The molecule has 1 heterocycles. The molecule has 2 rings (SSSR count). The Morgan fingerprint density at radius 3 is 2.70 bits per heavy atom. The first kappa shape index (κ1) is 14.2. The van der Waals surface area contributed by atoms with E-state index in [1.54, 1.807) is 26.1 Å². The van der Waals surface area contributed by atoms with Crippen molar-refractivity contribution in [3.63, 3.8) is 0 Å². The molecule has 0 bridgehead atoms. The second-order valence-electron chi connectivity index (χ2n) is 4.43. The first-order valence-corrected chi connectivity index (χ1v) is 5.95. The Morgan fingerprint density at radius 1 is 1.40 bits per heavy atom. The maximum Gasteiger partial charge on any atom is 0.338 e. The zero-order chi connectivity index (χ0) is 14.9. The van der Waals surface area contributed by atoms with Crippen molar-refractivity contribution in [1.29, 1.82) is 0 Å². The van der Waals surface area contributed by atoms with Crippen molar-refractivity contribution in [2.24, 2.45) is 7.05 Å². The number of aryl methyl sites for hydroxylation is 2. The monoisotopic (exact) mass is 280 g/mol. The summed E-state index contributed by atoms with van der Waals surface area (Å²) in [6.45, 7) is 1.75. The fourth-order valence-electron chi connectivity index (χ4n) is 1.99. The highest BCUT2D eigenvalue weighted by Crippen LogP contribution is 2.30. The molecular formula is C14H14F2N2O2. The van der Waals surface area contributed by atoms with Gasteiger partial charge in [0.25, 0.3) is 6.43 Å². The zero-order valence-corrected chi connectivity index (χ0v) is 11.4. The number of alkyl halides is 2. The van der Waals surface area contributed by atoms with Gasteiger partial charge in [0.05, 0.1) is 18.2 Å². The lowest BCUT2D eigenvalue weighted by molar-refractivity contribution is 0.0600. The number of esters is 1. The number of hydrogen-bond acceptors (Lipinski definition) is 3. The first-order valence-electron chi connectivity index (χ1n) is 5.95. The van der Waals surface area contributed by atoms with Gasteiger partial charge in [-0.3, -0.25) is 4.68 Å². The SMILES string of the molecule is COC(=O)c1cc(-c2nn(C)cc2C(F)F)ccc1C. The number of methoxy groups -OCH3 is 1. The third kappa shape index (κ3) is 2.54. The molecule has 6 heteroatoms. The molecule has 0 unspecified atom stereocenters. The minimum atomic E-state index is -2.62. The fraction of sp³-hybridized carbons (Fsp3) is 0.286. The van der Waals surface area contributed by atoms with Crippen LogP contribution in [0.25, 0.3) is 11.3 Å². The van der Waals surface area contributed by atoms with Gasteiger partial charge in [-0.1, -0.05) is 12.1 Å². The van der Waals surface area contributed by atoms with Crippen LogP contribution < -0.4 is 0 Å². The van der Waals surface area contributed by atoms with E-state index in [0.717, 1.165) is 5.56 Å². The van der Waals surface area contributed by atoms with Gasteiger partial charge in [0.2, 0.25) is 0 Å². The van der Waals surface area contributed by atoms with E-state index in [-0.39, 0.29) is 11.3 Å². The molecule has 0 aliphatic carbocycles. The van der Waals surface area contributed by atoms with Crippen molar-refractivity contribution in [2.45, 2.75) is 13.3 Å². The predicted molar refractivity (Wildman–Crippen MR) is 69.7 cm³/mol. The maximum absolute atomic E-state index is 13.0. The summed E-state index contributed by atoms with van der Waals surface area (Å²) in [6, 6.07) is 4.87. The summed E-state index contributed by atoms with van der Waals surface area (Å²) in [5, 5.41) is 4.04. The number of benzene rings is 1. The minimum absolute atomic E-state index is 0.160. The van der Waals surface area contributed by atoms with Gasteiger partial charge in [-0.05, 0) is 18.6 Å². The highest BCUT2D eigenvalue weighted by molar-refractivity contribution is 5.92. The van der Waals surface area contributed by atoms with E-state index < -0.39 is 12.4 Å². The molecule has 2 aromatic rings. The van der Waals surface area contributed by atoms with Gasteiger partial charge in [0, 0.05) is 18.8 Å². The van der Waals surface area contributed by atoms with Gasteiger partial charge in [0.1, 0.15) is 5.69 Å². The van der Waals surface area contributed by atoms with Gasteiger partial charge < -0.3 is 4.74 Å². The lowest BCUT2D eigenvalue weighted by atomic mass is 10.0. The predicted octanol–water partition coefficient (Wildman–Crippen LogP) is 3.12. The average Bonchev–Trinajstić information content (AvgIpc) is 2.81. The molecule has 0 atom stereocenters. The molecule has 106 valence electrons. The minimum Gasteiger partial charge on any atom is -0.465 e. The van der Waals surface area contributed by atoms with Crippen LogP contribution in [0.4, 0.5) is 8.78 Å². The number of ether oxygens (including phenoxy) is 1. The number of hydrogen-bond donors (Lipinski definition) is 0. The molecular weight excluding hydrogens is 266 g/mol. The number of halogens is 2. The standard InChI is InChI=1S/C14H14F2N2O2/c1-8-4-5-9(6-10(8)14(19)20-3)12-11(13(15)16)7-18(2)17-12/h4-7,13H,1-3H3. The van der Waals surface area contributed by atoms with E-state index in [9.17, 15) is 13.6 Å². The quantitative estimate of drug-likeness (QED) is 0.811. The van der Waals surface area contributed by atoms with Gasteiger partial charge in [-0.15, -0.1) is 0 Å². The smallest absolute Gasteiger partial charge is 0.338 e. The fourth-order valence-corrected chi connectivity index (χ4v) is 1.99. The zero-order valence-electron chi connectivity index (χ0n) is 11.4. The van der Waals surface area contributed by atoms with Crippen molar-refractivity contribution in [2.75, 3.05) is 7.11 Å². The van der Waals surface area contributed by atoms with Crippen LogP contribution in [0.3, 0.4) is 0 Å². The third-order valence-electron chi connectivity index (χ3n) is 3.01. The summed E-state index contributed by atoms with van der Waals surface area (Å²) in [7, 11) is 2.85. The maximum atomic E-state index is 13.0. The van der Waals surface area contributed by atoms with Crippen molar-refractivity contribution in [3.8, 4) is 11.3 Å². The van der Waals surface area contributed by atoms with Gasteiger partial charge in [-0.25, -0.2) is 13.6 Å². The summed E-state index contributed by atoms with van der Waals surface area (Å²) in [5.74, 6) is -0.501. The molecule has 0 saturated carbocycles. The van der Waals surface area contributed by atoms with Gasteiger partial charge >= 0.3 is 5.97 Å². The summed E-state index contributed by atoms with van der Waals surface area (Å²) in [4.78, 5) is 11.6. The molecule has 1 aromatic heterocycles. The molecule has 1 aromatic carbocycles. The lowest BCUT2D eigenvalue weighted by Gasteiger charge is -2.07. The Balaban J connectivity index is 2.56.